The summed E-state index contributed by atoms with van der Waals surface area (Å²) in [4.78, 5) is 71.8. The highest BCUT2D eigenvalue weighted by Crippen LogP contribution is 2.23. The number of fused-ring (bicyclic) bond motifs is 1. The van der Waals surface area contributed by atoms with Crippen LogP contribution in [-0.2, 0) is 28.7 Å². The molecule has 1 N–H and O–H groups in total. The predicted octanol–water partition coefficient (Wildman–Crippen LogP) is 1.28. The fourth-order valence-corrected chi connectivity index (χ4v) is 3.59. The molecule has 11 heteroatoms. The molecule has 1 aliphatic heterocycles. The number of esters is 2. The van der Waals surface area contributed by atoms with E-state index in [9.17, 15) is 28.8 Å². The number of hydrogen-bond donors (Lipinski definition) is 1. The summed E-state index contributed by atoms with van der Waals surface area (Å²) in [5, 5.41) is 2.08. The van der Waals surface area contributed by atoms with E-state index in [4.69, 9.17) is 9.47 Å². The molecule has 0 fully saturated rings. The third kappa shape index (κ3) is 7.49. The number of ether oxygens (including phenoxy) is 2. The van der Waals surface area contributed by atoms with Gasteiger partial charge >= 0.3 is 11.9 Å². The summed E-state index contributed by atoms with van der Waals surface area (Å²) in [5.74, 6) is -2.28. The summed E-state index contributed by atoms with van der Waals surface area (Å²) < 4.78 is 10.1. The molecule has 0 radical (unpaired) electrons. The Morgan fingerprint density at radius 2 is 1.66 bits per heavy atom. The highest BCUT2D eigenvalue weighted by molar-refractivity contribution is 8.13. The fourth-order valence-electron chi connectivity index (χ4n) is 2.93. The van der Waals surface area contributed by atoms with Crippen molar-refractivity contribution in [3.05, 3.63) is 35.4 Å². The monoisotopic (exact) mass is 464 g/mol. The summed E-state index contributed by atoms with van der Waals surface area (Å²) in [6, 6.07) is 6.49. The Labute approximate surface area is 189 Å². The van der Waals surface area contributed by atoms with Gasteiger partial charge in [0.05, 0.1) is 11.1 Å². The highest BCUT2D eigenvalue weighted by Gasteiger charge is 2.34. The molecule has 0 saturated heterocycles. The van der Waals surface area contributed by atoms with Crippen LogP contribution in [0, 0.1) is 0 Å². The van der Waals surface area contributed by atoms with E-state index in [1.165, 1.54) is 6.92 Å². The average Bonchev–Trinajstić information content (AvgIpc) is 2.95. The smallest absolute Gasteiger partial charge is 0.317 e. The van der Waals surface area contributed by atoms with Gasteiger partial charge in [0.25, 0.3) is 11.8 Å². The van der Waals surface area contributed by atoms with E-state index in [-0.39, 0.29) is 31.8 Å². The Hall–Kier alpha value is -3.21. The zero-order valence-electron chi connectivity index (χ0n) is 17.8. The van der Waals surface area contributed by atoms with Gasteiger partial charge in [-0.1, -0.05) is 23.9 Å². The van der Waals surface area contributed by atoms with Crippen molar-refractivity contribution in [1.29, 1.82) is 0 Å². The van der Waals surface area contributed by atoms with Crippen molar-refractivity contribution in [1.82, 2.24) is 10.2 Å². The number of thioether (sulfide) groups is 1. The van der Waals surface area contributed by atoms with Gasteiger partial charge in [0.2, 0.25) is 12.2 Å². The van der Waals surface area contributed by atoms with E-state index in [1.54, 1.807) is 24.3 Å². The SMILES string of the molecule is CC(=O)NCCSC(=O)CC(=O)OC(CCCN1C(=O)c2ccccc2C1=O)OC(C)=O. The molecular weight excluding hydrogens is 440 g/mol. The van der Waals surface area contributed by atoms with Gasteiger partial charge in [-0.05, 0) is 18.6 Å². The zero-order valence-corrected chi connectivity index (χ0v) is 18.6. The molecule has 2 rings (SSSR count). The molecular formula is C21H24N2O8S. The van der Waals surface area contributed by atoms with E-state index in [0.29, 0.717) is 16.9 Å². The first-order valence-corrected chi connectivity index (χ1v) is 10.9. The number of amides is 3. The van der Waals surface area contributed by atoms with Gasteiger partial charge in [0.1, 0.15) is 6.42 Å². The number of rotatable bonds is 11. The maximum atomic E-state index is 12.4. The molecule has 1 unspecified atom stereocenters. The second-order valence-corrected chi connectivity index (χ2v) is 8.01. The first kappa shape index (κ1) is 25.1. The minimum Gasteiger partial charge on any atom is -0.425 e. The Morgan fingerprint density at radius 3 is 2.22 bits per heavy atom. The summed E-state index contributed by atoms with van der Waals surface area (Å²) >= 11 is 0.873. The third-order valence-electron chi connectivity index (χ3n) is 4.29. The Morgan fingerprint density at radius 1 is 1.03 bits per heavy atom. The van der Waals surface area contributed by atoms with Crippen molar-refractivity contribution < 1.29 is 38.2 Å². The lowest BCUT2D eigenvalue weighted by Crippen LogP contribution is -2.32. The molecule has 0 saturated carbocycles. The van der Waals surface area contributed by atoms with Gasteiger partial charge in [-0.15, -0.1) is 0 Å². The number of hydrogen-bond acceptors (Lipinski definition) is 9. The Bertz CT molecular complexity index is 882. The molecule has 1 heterocycles. The van der Waals surface area contributed by atoms with Crippen molar-refractivity contribution in [3.8, 4) is 0 Å². The lowest BCUT2D eigenvalue weighted by molar-refractivity contribution is -0.187. The lowest BCUT2D eigenvalue weighted by Gasteiger charge is -2.19. The van der Waals surface area contributed by atoms with E-state index < -0.39 is 41.6 Å². The molecule has 172 valence electrons. The van der Waals surface area contributed by atoms with Crippen molar-refractivity contribution in [2.75, 3.05) is 18.8 Å². The lowest BCUT2D eigenvalue weighted by atomic mass is 10.1. The van der Waals surface area contributed by atoms with Crippen LogP contribution >= 0.6 is 11.8 Å². The fraction of sp³-hybridized carbons (Fsp3) is 0.429. The van der Waals surface area contributed by atoms with Crippen LogP contribution in [0.25, 0.3) is 0 Å². The van der Waals surface area contributed by atoms with Gasteiger partial charge < -0.3 is 14.8 Å². The van der Waals surface area contributed by atoms with Gasteiger partial charge in [-0.3, -0.25) is 33.7 Å². The number of nitrogens with one attached hydrogen (secondary N) is 1. The minimum absolute atomic E-state index is 0.0442. The first-order valence-electron chi connectivity index (χ1n) is 9.91. The van der Waals surface area contributed by atoms with Gasteiger partial charge in [0, 0.05) is 39.1 Å². The Kier molecular flexibility index (Phi) is 9.39. The summed E-state index contributed by atoms with van der Waals surface area (Å²) in [7, 11) is 0. The minimum atomic E-state index is -1.24. The number of nitrogens with zero attached hydrogens (tertiary/aromatic N) is 1. The molecule has 1 atom stereocenters. The van der Waals surface area contributed by atoms with Crippen molar-refractivity contribution in [2.45, 2.75) is 39.4 Å². The van der Waals surface area contributed by atoms with Crippen LogP contribution in [0.1, 0.15) is 53.8 Å². The summed E-state index contributed by atoms with van der Waals surface area (Å²) in [5.41, 5.74) is 0.657. The topological polar surface area (TPSA) is 136 Å². The Balaban J connectivity index is 1.80. The van der Waals surface area contributed by atoms with Crippen molar-refractivity contribution >= 4 is 46.5 Å². The van der Waals surface area contributed by atoms with Crippen LogP contribution in [0.5, 0.6) is 0 Å². The second-order valence-electron chi connectivity index (χ2n) is 6.86. The molecule has 1 aromatic rings. The summed E-state index contributed by atoms with van der Waals surface area (Å²) in [6.07, 6.45) is -1.51. The van der Waals surface area contributed by atoms with E-state index in [1.807, 2.05) is 0 Å². The zero-order chi connectivity index (χ0) is 23.7. The molecule has 32 heavy (non-hydrogen) atoms. The van der Waals surface area contributed by atoms with Crippen LogP contribution < -0.4 is 5.32 Å². The number of benzene rings is 1. The van der Waals surface area contributed by atoms with Gasteiger partial charge in [-0.2, -0.15) is 0 Å². The average molecular weight is 464 g/mol. The van der Waals surface area contributed by atoms with Crippen LogP contribution in [0.3, 0.4) is 0 Å². The molecule has 0 aliphatic carbocycles. The molecule has 3 amide bonds. The van der Waals surface area contributed by atoms with Crippen LogP contribution in [0.4, 0.5) is 0 Å². The van der Waals surface area contributed by atoms with E-state index >= 15 is 0 Å². The molecule has 1 aliphatic rings. The predicted molar refractivity (Wildman–Crippen MR) is 113 cm³/mol. The first-order chi connectivity index (χ1) is 15.2. The molecule has 0 spiro atoms. The van der Waals surface area contributed by atoms with Crippen LogP contribution in [-0.4, -0.2) is 64.8 Å². The number of carbonyl (C=O) groups is 6. The van der Waals surface area contributed by atoms with Crippen molar-refractivity contribution in [3.63, 3.8) is 0 Å². The number of carbonyl (C=O) groups excluding carboxylic acids is 6. The quantitative estimate of drug-likeness (QED) is 0.169. The second kappa shape index (κ2) is 12.0. The molecule has 1 aromatic carbocycles. The maximum Gasteiger partial charge on any atom is 0.317 e. The normalized spacial score (nSPS) is 13.4. The van der Waals surface area contributed by atoms with E-state index in [0.717, 1.165) is 23.6 Å². The third-order valence-corrected chi connectivity index (χ3v) is 5.16. The molecule has 0 bridgehead atoms. The number of imide groups is 1. The van der Waals surface area contributed by atoms with Crippen molar-refractivity contribution in [2.24, 2.45) is 0 Å². The van der Waals surface area contributed by atoms with Gasteiger partial charge in [-0.25, -0.2) is 0 Å². The highest BCUT2D eigenvalue weighted by atomic mass is 32.2. The standard InChI is InChI=1S/C21H24N2O8S/c1-13(24)22-9-11-32-18(27)12-17(26)31-19(30-14(2)25)8-5-10-23-20(28)15-6-3-4-7-16(15)21(23)29/h3-4,6-7,19H,5,8-12H2,1-2H3,(H,22,24). The van der Waals surface area contributed by atoms with E-state index in [2.05, 4.69) is 5.32 Å². The van der Waals surface area contributed by atoms with Crippen LogP contribution in [0.15, 0.2) is 24.3 Å². The van der Waals surface area contributed by atoms with Gasteiger partial charge in [0.15, 0.2) is 5.12 Å². The van der Waals surface area contributed by atoms with Crippen LogP contribution in [0.2, 0.25) is 0 Å². The molecule has 0 aromatic heterocycles. The molecule has 10 nitrogen and oxygen atoms in total. The largest absolute Gasteiger partial charge is 0.425 e. The maximum absolute atomic E-state index is 12.4. The summed E-state index contributed by atoms with van der Waals surface area (Å²) in [6.45, 7) is 2.84.